The third-order valence-corrected chi connectivity index (χ3v) is 2.37. The number of amides is 1. The van der Waals surface area contributed by atoms with E-state index in [2.05, 4.69) is 31.4 Å². The van der Waals surface area contributed by atoms with E-state index in [1.807, 2.05) is 0 Å². The molecule has 1 rings (SSSR count). The Labute approximate surface area is 107 Å². The van der Waals surface area contributed by atoms with Crippen LogP contribution in [0.25, 0.3) is 0 Å². The summed E-state index contributed by atoms with van der Waals surface area (Å²) in [5, 5.41) is 8.81. The fourth-order valence-corrected chi connectivity index (χ4v) is 1.55. The Kier molecular flexibility index (Phi) is 4.28. The van der Waals surface area contributed by atoms with Gasteiger partial charge in [-0.25, -0.2) is 4.79 Å². The molecular weight excluding hydrogens is 290 g/mol. The highest BCUT2D eigenvalue weighted by Crippen LogP contribution is 2.19. The lowest BCUT2D eigenvalue weighted by Gasteiger charge is -2.21. The lowest BCUT2D eigenvalue weighted by Crippen LogP contribution is -2.35. The van der Waals surface area contributed by atoms with Gasteiger partial charge in [0, 0.05) is 0 Å². The van der Waals surface area contributed by atoms with Crippen molar-refractivity contribution in [3.63, 3.8) is 0 Å². The second kappa shape index (κ2) is 5.31. The van der Waals surface area contributed by atoms with Crippen molar-refractivity contribution >= 4 is 28.3 Å². The van der Waals surface area contributed by atoms with Crippen LogP contribution in [-0.2, 0) is 9.53 Å². The van der Waals surface area contributed by atoms with Crippen molar-refractivity contribution in [1.29, 1.82) is 0 Å². The van der Waals surface area contributed by atoms with Crippen LogP contribution >= 0.6 is 15.9 Å². The molecule has 0 aliphatic heterocycles. The van der Waals surface area contributed by atoms with Crippen LogP contribution in [0.4, 0.5) is 4.79 Å². The molecule has 0 aromatic carbocycles. The van der Waals surface area contributed by atoms with Gasteiger partial charge in [0.15, 0.2) is 0 Å². The molecule has 0 aliphatic rings. The number of carbonyl (C=O) groups excluding carboxylic acids is 2. The Morgan fingerprint density at radius 2 is 2.29 bits per heavy atom. The van der Waals surface area contributed by atoms with E-state index in [0.717, 1.165) is 0 Å². The molecule has 1 atom stereocenters. The summed E-state index contributed by atoms with van der Waals surface area (Å²) in [6, 6.07) is -0.818. The normalized spacial score (nSPS) is 12.9. The highest BCUT2D eigenvalue weighted by Gasteiger charge is 2.22. The molecule has 7 heteroatoms. The SMILES string of the molecule is CC(C)(C)OC(=O)NC(C=O)c1[nH]ncc1Br. The predicted octanol–water partition coefficient (Wildman–Crippen LogP) is 1.94. The van der Waals surface area contributed by atoms with Crippen LogP contribution in [-0.4, -0.2) is 28.2 Å². The van der Waals surface area contributed by atoms with E-state index in [1.165, 1.54) is 6.20 Å². The quantitative estimate of drug-likeness (QED) is 0.836. The summed E-state index contributed by atoms with van der Waals surface area (Å²) in [7, 11) is 0. The van der Waals surface area contributed by atoms with E-state index in [-0.39, 0.29) is 0 Å². The van der Waals surface area contributed by atoms with Crippen molar-refractivity contribution in [3.05, 3.63) is 16.4 Å². The van der Waals surface area contributed by atoms with Crippen LogP contribution < -0.4 is 5.32 Å². The largest absolute Gasteiger partial charge is 0.444 e. The molecular formula is C10H14BrN3O3. The number of halogens is 1. The van der Waals surface area contributed by atoms with Crippen molar-refractivity contribution in [2.45, 2.75) is 32.4 Å². The van der Waals surface area contributed by atoms with Gasteiger partial charge in [0.1, 0.15) is 17.9 Å². The van der Waals surface area contributed by atoms with E-state index in [1.54, 1.807) is 20.8 Å². The van der Waals surface area contributed by atoms with Crippen molar-refractivity contribution < 1.29 is 14.3 Å². The molecule has 94 valence electrons. The summed E-state index contributed by atoms with van der Waals surface area (Å²) in [4.78, 5) is 22.4. The lowest BCUT2D eigenvalue weighted by atomic mass is 10.2. The molecule has 17 heavy (non-hydrogen) atoms. The summed E-state index contributed by atoms with van der Waals surface area (Å²) in [6.07, 6.45) is 1.45. The zero-order valence-corrected chi connectivity index (χ0v) is 11.4. The highest BCUT2D eigenvalue weighted by molar-refractivity contribution is 9.10. The minimum atomic E-state index is -0.818. The number of H-pyrrole nitrogens is 1. The lowest BCUT2D eigenvalue weighted by molar-refractivity contribution is -0.109. The van der Waals surface area contributed by atoms with Gasteiger partial charge in [-0.15, -0.1) is 0 Å². The minimum absolute atomic E-state index is 0.478. The second-order valence-electron chi connectivity index (χ2n) is 4.39. The second-order valence-corrected chi connectivity index (χ2v) is 5.25. The van der Waals surface area contributed by atoms with Gasteiger partial charge < -0.3 is 14.8 Å². The van der Waals surface area contributed by atoms with Crippen molar-refractivity contribution in [2.75, 3.05) is 0 Å². The molecule has 0 aliphatic carbocycles. The predicted molar refractivity (Wildman–Crippen MR) is 64.5 cm³/mol. The fraction of sp³-hybridized carbons (Fsp3) is 0.500. The van der Waals surface area contributed by atoms with E-state index in [0.29, 0.717) is 16.5 Å². The van der Waals surface area contributed by atoms with Gasteiger partial charge in [0.25, 0.3) is 0 Å². The van der Waals surface area contributed by atoms with Gasteiger partial charge in [-0.05, 0) is 36.7 Å². The number of aldehydes is 1. The van der Waals surface area contributed by atoms with Crippen LogP contribution in [0, 0.1) is 0 Å². The monoisotopic (exact) mass is 303 g/mol. The maximum atomic E-state index is 11.5. The summed E-state index contributed by atoms with van der Waals surface area (Å²) in [5.41, 5.74) is -0.131. The van der Waals surface area contributed by atoms with Gasteiger partial charge in [-0.3, -0.25) is 5.10 Å². The van der Waals surface area contributed by atoms with Gasteiger partial charge in [-0.2, -0.15) is 5.10 Å². The molecule has 0 fully saturated rings. The van der Waals surface area contributed by atoms with Crippen molar-refractivity contribution in [1.82, 2.24) is 15.5 Å². The van der Waals surface area contributed by atoms with Gasteiger partial charge in [-0.1, -0.05) is 0 Å². The van der Waals surface area contributed by atoms with Crippen molar-refractivity contribution in [3.8, 4) is 0 Å². The smallest absolute Gasteiger partial charge is 0.408 e. The van der Waals surface area contributed by atoms with Gasteiger partial charge >= 0.3 is 6.09 Å². The molecule has 2 N–H and O–H groups in total. The molecule has 0 bridgehead atoms. The van der Waals surface area contributed by atoms with E-state index in [9.17, 15) is 9.59 Å². The Hall–Kier alpha value is -1.37. The van der Waals surface area contributed by atoms with E-state index < -0.39 is 17.7 Å². The van der Waals surface area contributed by atoms with Crippen LogP contribution in [0.2, 0.25) is 0 Å². The van der Waals surface area contributed by atoms with E-state index in [4.69, 9.17) is 4.74 Å². The van der Waals surface area contributed by atoms with Crippen LogP contribution in [0.1, 0.15) is 32.5 Å². The Bertz CT molecular complexity index is 411. The molecule has 0 spiro atoms. The molecule has 6 nitrogen and oxygen atoms in total. The number of aromatic amines is 1. The third-order valence-electron chi connectivity index (χ3n) is 1.74. The number of rotatable bonds is 3. The van der Waals surface area contributed by atoms with Gasteiger partial charge in [0.05, 0.1) is 16.4 Å². The number of ether oxygens (including phenoxy) is 1. The molecule has 1 amide bonds. The standard InChI is InChI=1S/C10H14BrN3O3/c1-10(2,3)17-9(16)13-7(5-15)8-6(11)4-12-14-8/h4-5,7H,1-3H3,(H,12,14)(H,13,16). The Balaban J connectivity index is 2.69. The number of nitrogens with one attached hydrogen (secondary N) is 2. The topological polar surface area (TPSA) is 84.1 Å². The minimum Gasteiger partial charge on any atom is -0.444 e. The molecule has 1 unspecified atom stereocenters. The van der Waals surface area contributed by atoms with E-state index >= 15 is 0 Å². The first-order chi connectivity index (χ1) is 7.83. The Morgan fingerprint density at radius 3 is 2.71 bits per heavy atom. The average Bonchev–Trinajstić information content (AvgIpc) is 2.58. The number of carbonyl (C=O) groups is 2. The average molecular weight is 304 g/mol. The first-order valence-corrected chi connectivity index (χ1v) is 5.76. The maximum absolute atomic E-state index is 11.5. The molecule has 0 saturated carbocycles. The third kappa shape index (κ3) is 4.18. The number of hydrogen-bond acceptors (Lipinski definition) is 4. The molecule has 1 aromatic heterocycles. The summed E-state index contributed by atoms with van der Waals surface area (Å²) in [6.45, 7) is 5.23. The number of hydrogen-bond donors (Lipinski definition) is 2. The Morgan fingerprint density at radius 1 is 1.65 bits per heavy atom. The van der Waals surface area contributed by atoms with Crippen molar-refractivity contribution in [2.24, 2.45) is 0 Å². The summed E-state index contributed by atoms with van der Waals surface area (Å²) < 4.78 is 5.67. The molecule has 0 saturated heterocycles. The van der Waals surface area contributed by atoms with Gasteiger partial charge in [0.2, 0.25) is 0 Å². The number of nitrogens with zero attached hydrogens (tertiary/aromatic N) is 1. The first-order valence-electron chi connectivity index (χ1n) is 4.97. The first kappa shape index (κ1) is 13.7. The van der Waals surface area contributed by atoms with Crippen LogP contribution in [0.15, 0.2) is 10.7 Å². The molecule has 1 aromatic rings. The molecule has 0 radical (unpaired) electrons. The fourth-order valence-electron chi connectivity index (χ4n) is 1.11. The highest BCUT2D eigenvalue weighted by atomic mass is 79.9. The molecule has 1 heterocycles. The van der Waals surface area contributed by atoms with Crippen LogP contribution in [0.3, 0.4) is 0 Å². The summed E-state index contributed by atoms with van der Waals surface area (Å²) >= 11 is 3.21. The number of aromatic nitrogens is 2. The maximum Gasteiger partial charge on any atom is 0.408 e. The zero-order chi connectivity index (χ0) is 13.1. The number of alkyl carbamates (subject to hydrolysis) is 1. The summed E-state index contributed by atoms with van der Waals surface area (Å²) in [5.74, 6) is 0. The van der Waals surface area contributed by atoms with Crippen LogP contribution in [0.5, 0.6) is 0 Å². The zero-order valence-electron chi connectivity index (χ0n) is 9.78.